The molecule has 7 heteroatoms. The molecule has 1 aliphatic rings. The molecule has 0 unspecified atom stereocenters. The second-order valence-electron chi connectivity index (χ2n) is 6.34. The Kier molecular flexibility index (Phi) is 5.55. The van der Waals surface area contributed by atoms with Crippen LogP contribution in [0.4, 0.5) is 5.95 Å². The lowest BCUT2D eigenvalue weighted by Crippen LogP contribution is -2.28. The highest BCUT2D eigenvalue weighted by molar-refractivity contribution is 5.77. The van der Waals surface area contributed by atoms with E-state index in [1.54, 1.807) is 0 Å². The van der Waals surface area contributed by atoms with Crippen LogP contribution in [0, 0.1) is 13.8 Å². The molecular weight excluding hydrogens is 332 g/mol. The summed E-state index contributed by atoms with van der Waals surface area (Å²) in [7, 11) is 0. The van der Waals surface area contributed by atoms with E-state index in [0.717, 1.165) is 28.5 Å². The van der Waals surface area contributed by atoms with Gasteiger partial charge in [0.25, 0.3) is 0 Å². The molecule has 1 atom stereocenters. The molecule has 1 aliphatic heterocycles. The predicted octanol–water partition coefficient (Wildman–Crippen LogP) is 2.54. The zero-order valence-corrected chi connectivity index (χ0v) is 15.3. The van der Waals surface area contributed by atoms with E-state index < -0.39 is 0 Å². The van der Waals surface area contributed by atoms with Crippen molar-refractivity contribution in [1.29, 1.82) is 0 Å². The van der Waals surface area contributed by atoms with Crippen LogP contribution in [0.5, 0.6) is 11.5 Å². The molecule has 0 fully saturated rings. The third kappa shape index (κ3) is 4.62. The van der Waals surface area contributed by atoms with E-state index in [0.29, 0.717) is 32.1 Å². The van der Waals surface area contributed by atoms with Crippen molar-refractivity contribution >= 4 is 11.9 Å². The second-order valence-corrected chi connectivity index (χ2v) is 6.34. The van der Waals surface area contributed by atoms with Gasteiger partial charge in [0.15, 0.2) is 11.5 Å². The normalized spacial score (nSPS) is 13.8. The van der Waals surface area contributed by atoms with Gasteiger partial charge in [0.1, 0.15) is 13.2 Å². The number of rotatable bonds is 6. The Balaban J connectivity index is 1.49. The van der Waals surface area contributed by atoms with Gasteiger partial charge in [-0.25, -0.2) is 9.97 Å². The Hall–Kier alpha value is -2.83. The number of anilines is 1. The van der Waals surface area contributed by atoms with Crippen LogP contribution in [-0.4, -0.2) is 35.6 Å². The number of benzene rings is 1. The van der Waals surface area contributed by atoms with Crippen LogP contribution < -0.4 is 20.1 Å². The number of hydrogen-bond donors (Lipinski definition) is 2. The number of nitrogens with zero attached hydrogens (tertiary/aromatic N) is 2. The fourth-order valence-electron chi connectivity index (χ4n) is 2.82. The van der Waals surface area contributed by atoms with Crippen molar-refractivity contribution in [2.45, 2.75) is 33.2 Å². The van der Waals surface area contributed by atoms with Gasteiger partial charge in [0.05, 0.1) is 6.04 Å². The molecule has 0 saturated heterocycles. The van der Waals surface area contributed by atoms with E-state index in [-0.39, 0.29) is 11.9 Å². The molecule has 3 rings (SSSR count). The molecule has 0 aliphatic carbocycles. The lowest BCUT2D eigenvalue weighted by atomic mass is 10.1. The molecular formula is C19H24N4O3. The molecule has 1 aromatic carbocycles. The number of ether oxygens (including phenoxy) is 2. The van der Waals surface area contributed by atoms with E-state index >= 15 is 0 Å². The molecule has 1 aromatic heterocycles. The van der Waals surface area contributed by atoms with E-state index in [9.17, 15) is 4.79 Å². The zero-order valence-electron chi connectivity index (χ0n) is 15.3. The van der Waals surface area contributed by atoms with Crippen LogP contribution in [0.2, 0.25) is 0 Å². The number of amides is 1. The maximum absolute atomic E-state index is 12.2. The number of fused-ring (bicyclic) bond motifs is 1. The van der Waals surface area contributed by atoms with Gasteiger partial charge in [-0.3, -0.25) is 4.79 Å². The third-order valence-corrected chi connectivity index (χ3v) is 4.06. The van der Waals surface area contributed by atoms with Gasteiger partial charge in [-0.15, -0.1) is 0 Å². The summed E-state index contributed by atoms with van der Waals surface area (Å²) in [4.78, 5) is 20.8. The van der Waals surface area contributed by atoms with E-state index in [2.05, 4.69) is 20.6 Å². The quantitative estimate of drug-likeness (QED) is 0.827. The van der Waals surface area contributed by atoms with Crippen LogP contribution in [0.3, 0.4) is 0 Å². The van der Waals surface area contributed by atoms with Gasteiger partial charge in [-0.1, -0.05) is 6.07 Å². The molecule has 26 heavy (non-hydrogen) atoms. The van der Waals surface area contributed by atoms with Crippen molar-refractivity contribution in [2.24, 2.45) is 0 Å². The van der Waals surface area contributed by atoms with Crippen molar-refractivity contribution in [3.63, 3.8) is 0 Å². The number of carbonyl (C=O) groups is 1. The molecule has 2 heterocycles. The number of nitrogens with one attached hydrogen (secondary N) is 2. The number of hydrogen-bond acceptors (Lipinski definition) is 6. The van der Waals surface area contributed by atoms with Crippen molar-refractivity contribution in [2.75, 3.05) is 25.1 Å². The topological polar surface area (TPSA) is 85.4 Å². The minimum atomic E-state index is -0.115. The largest absolute Gasteiger partial charge is 0.486 e. The molecule has 7 nitrogen and oxygen atoms in total. The smallest absolute Gasteiger partial charge is 0.223 e. The van der Waals surface area contributed by atoms with Gasteiger partial charge in [0.2, 0.25) is 11.9 Å². The first-order valence-corrected chi connectivity index (χ1v) is 8.76. The third-order valence-electron chi connectivity index (χ3n) is 4.06. The van der Waals surface area contributed by atoms with Gasteiger partial charge in [0, 0.05) is 24.4 Å². The highest BCUT2D eigenvalue weighted by Gasteiger charge is 2.15. The fraction of sp³-hybridized carbons (Fsp3) is 0.421. The summed E-state index contributed by atoms with van der Waals surface area (Å²) in [5.41, 5.74) is 2.78. The maximum atomic E-state index is 12.2. The Morgan fingerprint density at radius 2 is 1.81 bits per heavy atom. The SMILES string of the molecule is Cc1cc(C)nc(NCCC(=O)N[C@H](C)c2ccc3c(c2)OCCO3)n1. The Bertz CT molecular complexity index is 774. The molecule has 0 bridgehead atoms. The monoisotopic (exact) mass is 356 g/mol. The summed E-state index contributed by atoms with van der Waals surface area (Å²) < 4.78 is 11.1. The summed E-state index contributed by atoms with van der Waals surface area (Å²) in [6, 6.07) is 7.54. The minimum absolute atomic E-state index is 0.0377. The van der Waals surface area contributed by atoms with Crippen molar-refractivity contribution in [3.8, 4) is 11.5 Å². The van der Waals surface area contributed by atoms with Crippen LogP contribution in [0.15, 0.2) is 24.3 Å². The van der Waals surface area contributed by atoms with Gasteiger partial charge < -0.3 is 20.1 Å². The summed E-state index contributed by atoms with van der Waals surface area (Å²) in [5, 5.41) is 6.09. The molecule has 1 amide bonds. The molecule has 2 aromatic rings. The average molecular weight is 356 g/mol. The first kappa shape index (κ1) is 18.0. The average Bonchev–Trinajstić information content (AvgIpc) is 2.60. The Labute approximate surface area is 153 Å². The number of aryl methyl sites for hydroxylation is 2. The first-order chi connectivity index (χ1) is 12.5. The van der Waals surface area contributed by atoms with E-state index in [1.807, 2.05) is 45.0 Å². The van der Waals surface area contributed by atoms with Crippen molar-refractivity contribution in [3.05, 3.63) is 41.2 Å². The Morgan fingerprint density at radius 1 is 1.12 bits per heavy atom. The van der Waals surface area contributed by atoms with Crippen LogP contribution >= 0.6 is 0 Å². The lowest BCUT2D eigenvalue weighted by molar-refractivity contribution is -0.121. The summed E-state index contributed by atoms with van der Waals surface area (Å²) in [6.07, 6.45) is 0.339. The zero-order chi connectivity index (χ0) is 18.5. The van der Waals surface area contributed by atoms with Gasteiger partial charge in [-0.2, -0.15) is 0 Å². The lowest BCUT2D eigenvalue weighted by Gasteiger charge is -2.21. The van der Waals surface area contributed by atoms with Gasteiger partial charge in [-0.05, 0) is 44.5 Å². The van der Waals surface area contributed by atoms with Crippen LogP contribution in [0.1, 0.15) is 36.3 Å². The summed E-state index contributed by atoms with van der Waals surface area (Å²) in [6.45, 7) is 7.37. The maximum Gasteiger partial charge on any atom is 0.223 e. The highest BCUT2D eigenvalue weighted by atomic mass is 16.6. The number of carbonyl (C=O) groups excluding carboxylic acids is 1. The summed E-state index contributed by atoms with van der Waals surface area (Å²) in [5.74, 6) is 1.99. The molecule has 138 valence electrons. The van der Waals surface area contributed by atoms with E-state index in [1.165, 1.54) is 0 Å². The van der Waals surface area contributed by atoms with E-state index in [4.69, 9.17) is 9.47 Å². The molecule has 2 N–H and O–H groups in total. The van der Waals surface area contributed by atoms with Crippen molar-refractivity contribution in [1.82, 2.24) is 15.3 Å². The minimum Gasteiger partial charge on any atom is -0.486 e. The predicted molar refractivity (Wildman–Crippen MR) is 98.6 cm³/mol. The highest BCUT2D eigenvalue weighted by Crippen LogP contribution is 2.32. The second kappa shape index (κ2) is 8.03. The summed E-state index contributed by atoms with van der Waals surface area (Å²) >= 11 is 0. The van der Waals surface area contributed by atoms with Crippen LogP contribution in [-0.2, 0) is 4.79 Å². The number of aromatic nitrogens is 2. The molecule has 0 saturated carbocycles. The molecule has 0 radical (unpaired) electrons. The van der Waals surface area contributed by atoms with Crippen LogP contribution in [0.25, 0.3) is 0 Å². The standard InChI is InChI=1S/C19H24N4O3/c1-12-10-13(2)22-19(21-12)20-7-6-18(24)23-14(3)15-4-5-16-17(11-15)26-9-8-25-16/h4-5,10-11,14H,6-9H2,1-3H3,(H,23,24)(H,20,21,22)/t14-/m1/s1. The van der Waals surface area contributed by atoms with Crippen molar-refractivity contribution < 1.29 is 14.3 Å². The van der Waals surface area contributed by atoms with Gasteiger partial charge >= 0.3 is 0 Å². The Morgan fingerprint density at radius 3 is 2.54 bits per heavy atom. The first-order valence-electron chi connectivity index (χ1n) is 8.76. The molecule has 0 spiro atoms. The fourth-order valence-corrected chi connectivity index (χ4v) is 2.82.